The maximum Gasteiger partial charge on any atom is 0.309 e. The summed E-state index contributed by atoms with van der Waals surface area (Å²) >= 11 is 0. The van der Waals surface area contributed by atoms with Crippen LogP contribution in [0.25, 0.3) is 0 Å². The van der Waals surface area contributed by atoms with Crippen molar-refractivity contribution in [3.05, 3.63) is 0 Å². The molecule has 3 rings (SSSR count). The van der Waals surface area contributed by atoms with E-state index in [1.165, 1.54) is 6.42 Å². The fraction of sp³-hybridized carbons (Fsp3) is 0.909. The summed E-state index contributed by atoms with van der Waals surface area (Å²) in [6.07, 6.45) is 3.18. The number of fused-ring (bicyclic) bond motifs is 2. The Morgan fingerprint density at radius 1 is 1.21 bits per heavy atom. The molecule has 2 bridgehead atoms. The van der Waals surface area contributed by atoms with Gasteiger partial charge in [0.05, 0.1) is 5.92 Å². The first-order valence-corrected chi connectivity index (χ1v) is 5.43. The van der Waals surface area contributed by atoms with Crippen LogP contribution in [0.15, 0.2) is 0 Å². The van der Waals surface area contributed by atoms with Gasteiger partial charge in [-0.25, -0.2) is 0 Å². The van der Waals surface area contributed by atoms with E-state index < -0.39 is 0 Å². The van der Waals surface area contributed by atoms with Crippen molar-refractivity contribution in [3.63, 3.8) is 0 Å². The largest absolute Gasteiger partial charge is 0.460 e. The monoisotopic (exact) mass is 197 g/mol. The molecule has 1 N–H and O–H groups in total. The van der Waals surface area contributed by atoms with Gasteiger partial charge in [-0.05, 0) is 40.0 Å². The van der Waals surface area contributed by atoms with E-state index in [1.807, 2.05) is 20.8 Å². The molecule has 0 spiro atoms. The molecule has 2 aliphatic heterocycles. The molecular weight excluding hydrogens is 178 g/mol. The maximum absolute atomic E-state index is 11.7. The second kappa shape index (κ2) is 3.23. The normalized spacial score (nSPS) is 36.1. The molecule has 1 aliphatic carbocycles. The van der Waals surface area contributed by atoms with Crippen LogP contribution in [0.3, 0.4) is 0 Å². The standard InChI is InChI=1S/C11H19NO2/c1-11(2,3)14-10(13)7-4-8-6-9(5-7)12-8/h7-9,12H,4-6H2,1-3H3/t7?,8-,9+. The van der Waals surface area contributed by atoms with E-state index in [2.05, 4.69) is 5.32 Å². The highest BCUT2D eigenvalue weighted by Crippen LogP contribution is 2.33. The molecule has 2 saturated heterocycles. The molecular formula is C11H19NO2. The van der Waals surface area contributed by atoms with Crippen molar-refractivity contribution in [1.29, 1.82) is 0 Å². The van der Waals surface area contributed by atoms with Crippen LogP contribution in [0.4, 0.5) is 0 Å². The molecule has 0 aromatic rings. The van der Waals surface area contributed by atoms with E-state index in [0.717, 1.165) is 12.8 Å². The number of ether oxygens (including phenoxy) is 1. The van der Waals surface area contributed by atoms with Gasteiger partial charge in [-0.15, -0.1) is 0 Å². The molecule has 80 valence electrons. The van der Waals surface area contributed by atoms with E-state index in [-0.39, 0.29) is 17.5 Å². The smallest absolute Gasteiger partial charge is 0.309 e. The van der Waals surface area contributed by atoms with Crippen molar-refractivity contribution >= 4 is 5.97 Å². The first kappa shape index (κ1) is 9.97. The van der Waals surface area contributed by atoms with Gasteiger partial charge in [0.1, 0.15) is 5.60 Å². The van der Waals surface area contributed by atoms with Crippen LogP contribution >= 0.6 is 0 Å². The lowest BCUT2D eigenvalue weighted by atomic mass is 9.76. The number of hydrogen-bond donors (Lipinski definition) is 1. The van der Waals surface area contributed by atoms with Crippen molar-refractivity contribution in [2.75, 3.05) is 0 Å². The summed E-state index contributed by atoms with van der Waals surface area (Å²) in [6, 6.07) is 1.15. The number of carbonyl (C=O) groups is 1. The zero-order chi connectivity index (χ0) is 10.3. The van der Waals surface area contributed by atoms with E-state index >= 15 is 0 Å². The van der Waals surface area contributed by atoms with Gasteiger partial charge in [-0.3, -0.25) is 4.79 Å². The molecule has 1 unspecified atom stereocenters. The van der Waals surface area contributed by atoms with Gasteiger partial charge in [0.15, 0.2) is 0 Å². The van der Waals surface area contributed by atoms with Crippen molar-refractivity contribution in [1.82, 2.24) is 5.32 Å². The summed E-state index contributed by atoms with van der Waals surface area (Å²) in [5.41, 5.74) is -0.341. The Morgan fingerprint density at radius 3 is 2.14 bits per heavy atom. The SMILES string of the molecule is CC(C)(C)OC(=O)C1C[C@@H]2C[C@H](C1)N2. The topological polar surface area (TPSA) is 38.3 Å². The second-order valence-electron chi connectivity index (χ2n) is 5.50. The van der Waals surface area contributed by atoms with Gasteiger partial charge in [0.25, 0.3) is 0 Å². The minimum Gasteiger partial charge on any atom is -0.460 e. The Labute approximate surface area is 85.2 Å². The average molecular weight is 197 g/mol. The van der Waals surface area contributed by atoms with Crippen molar-refractivity contribution in [2.45, 2.75) is 57.7 Å². The summed E-state index contributed by atoms with van der Waals surface area (Å²) in [5, 5.41) is 3.42. The van der Waals surface area contributed by atoms with Crippen LogP contribution < -0.4 is 5.32 Å². The number of hydrogen-bond acceptors (Lipinski definition) is 3. The first-order chi connectivity index (χ1) is 6.44. The molecule has 0 radical (unpaired) electrons. The van der Waals surface area contributed by atoms with E-state index in [1.54, 1.807) is 0 Å². The molecule has 0 amide bonds. The summed E-state index contributed by atoms with van der Waals surface area (Å²) < 4.78 is 5.38. The Hall–Kier alpha value is -0.570. The first-order valence-electron chi connectivity index (χ1n) is 5.43. The zero-order valence-electron chi connectivity index (χ0n) is 9.17. The fourth-order valence-corrected chi connectivity index (χ4v) is 2.34. The van der Waals surface area contributed by atoms with E-state index in [0.29, 0.717) is 12.1 Å². The molecule has 3 nitrogen and oxygen atoms in total. The molecule has 2 heterocycles. The molecule has 3 fully saturated rings. The molecule has 3 atom stereocenters. The van der Waals surface area contributed by atoms with Crippen LogP contribution in [0.1, 0.15) is 40.0 Å². The van der Waals surface area contributed by atoms with Crippen LogP contribution in [-0.2, 0) is 9.53 Å². The van der Waals surface area contributed by atoms with Crippen LogP contribution in [0, 0.1) is 5.92 Å². The van der Waals surface area contributed by atoms with Gasteiger partial charge in [-0.2, -0.15) is 0 Å². The Kier molecular flexibility index (Phi) is 2.30. The molecule has 3 heteroatoms. The summed E-state index contributed by atoms with van der Waals surface area (Å²) in [7, 11) is 0. The predicted octanol–water partition coefficient (Wildman–Crippen LogP) is 1.47. The highest BCUT2D eigenvalue weighted by Gasteiger charge is 2.41. The molecule has 0 aromatic heterocycles. The average Bonchev–Trinajstić information content (AvgIpc) is 2.00. The van der Waals surface area contributed by atoms with Crippen molar-refractivity contribution in [2.24, 2.45) is 5.92 Å². The van der Waals surface area contributed by atoms with Gasteiger partial charge in [0, 0.05) is 12.1 Å². The third-order valence-electron chi connectivity index (χ3n) is 2.92. The third-order valence-corrected chi connectivity index (χ3v) is 2.92. The molecule has 0 aromatic carbocycles. The van der Waals surface area contributed by atoms with Gasteiger partial charge in [-0.1, -0.05) is 0 Å². The Balaban J connectivity index is 1.86. The predicted molar refractivity (Wildman–Crippen MR) is 53.9 cm³/mol. The van der Waals surface area contributed by atoms with Crippen molar-refractivity contribution in [3.8, 4) is 0 Å². The van der Waals surface area contributed by atoms with E-state index in [4.69, 9.17) is 4.74 Å². The third kappa shape index (κ3) is 2.08. The minimum absolute atomic E-state index is 0.00583. The molecule has 3 aliphatic rings. The zero-order valence-corrected chi connectivity index (χ0v) is 9.17. The summed E-state index contributed by atoms with van der Waals surface area (Å²) in [5.74, 6) is 0.132. The van der Waals surface area contributed by atoms with Crippen LogP contribution in [0.2, 0.25) is 0 Å². The van der Waals surface area contributed by atoms with Gasteiger partial charge >= 0.3 is 5.97 Å². The second-order valence-corrected chi connectivity index (χ2v) is 5.50. The number of rotatable bonds is 1. The van der Waals surface area contributed by atoms with E-state index in [9.17, 15) is 4.79 Å². The number of esters is 1. The van der Waals surface area contributed by atoms with Gasteiger partial charge < -0.3 is 10.1 Å². The minimum atomic E-state index is -0.341. The fourth-order valence-electron chi connectivity index (χ4n) is 2.34. The lowest BCUT2D eigenvalue weighted by Gasteiger charge is -2.46. The van der Waals surface area contributed by atoms with Gasteiger partial charge in [0.2, 0.25) is 0 Å². The lowest BCUT2D eigenvalue weighted by Crippen LogP contribution is -2.59. The summed E-state index contributed by atoms with van der Waals surface area (Å²) in [6.45, 7) is 5.77. The molecule has 14 heavy (non-hydrogen) atoms. The Morgan fingerprint density at radius 2 is 1.71 bits per heavy atom. The highest BCUT2D eigenvalue weighted by atomic mass is 16.6. The number of carbonyl (C=O) groups excluding carboxylic acids is 1. The lowest BCUT2D eigenvalue weighted by molar-refractivity contribution is -0.163. The number of piperidine rings is 1. The summed E-state index contributed by atoms with van der Waals surface area (Å²) in [4.78, 5) is 11.7. The maximum atomic E-state index is 11.7. The molecule has 1 saturated carbocycles. The quantitative estimate of drug-likeness (QED) is 0.647. The van der Waals surface area contributed by atoms with Crippen LogP contribution in [-0.4, -0.2) is 23.7 Å². The number of nitrogens with one attached hydrogen (secondary N) is 1. The van der Waals surface area contributed by atoms with Crippen molar-refractivity contribution < 1.29 is 9.53 Å². The highest BCUT2D eigenvalue weighted by molar-refractivity contribution is 5.73. The Bertz CT molecular complexity index is 228. The van der Waals surface area contributed by atoms with Crippen LogP contribution in [0.5, 0.6) is 0 Å².